The fraction of sp³-hybridized carbons (Fsp3) is 0.250. The Labute approximate surface area is 205 Å². The zero-order valence-electron chi connectivity index (χ0n) is 19.6. The second-order valence-electron chi connectivity index (χ2n) is 8.64. The van der Waals surface area contributed by atoms with Crippen molar-refractivity contribution in [2.45, 2.75) is 25.9 Å². The Kier molecular flexibility index (Phi) is 7.77. The first-order valence-corrected chi connectivity index (χ1v) is 11.7. The number of likely N-dealkylation sites (tertiary alicyclic amines) is 1. The second kappa shape index (κ2) is 11.3. The van der Waals surface area contributed by atoms with E-state index in [2.05, 4.69) is 10.6 Å². The van der Waals surface area contributed by atoms with Crippen molar-refractivity contribution < 1.29 is 19.1 Å². The van der Waals surface area contributed by atoms with Crippen molar-refractivity contribution in [3.63, 3.8) is 0 Å². The normalized spacial score (nSPS) is 14.6. The summed E-state index contributed by atoms with van der Waals surface area (Å²) in [5.41, 5.74) is 3.04. The predicted octanol–water partition coefficient (Wildman–Crippen LogP) is 5.16. The number of piperidine rings is 1. The molecule has 3 amide bonds. The molecule has 0 bridgehead atoms. The molecule has 180 valence electrons. The van der Waals surface area contributed by atoms with Crippen molar-refractivity contribution in [1.82, 2.24) is 4.90 Å². The number of benzene rings is 3. The first kappa shape index (κ1) is 24.0. The third-order valence-electron chi connectivity index (χ3n) is 6.03. The van der Waals surface area contributed by atoms with Gasteiger partial charge in [-0.15, -0.1) is 0 Å². The van der Waals surface area contributed by atoms with E-state index in [-0.39, 0.29) is 11.9 Å². The van der Waals surface area contributed by atoms with Gasteiger partial charge in [0.2, 0.25) is 6.10 Å². The number of nitrogens with zero attached hydrogens (tertiary/aromatic N) is 1. The van der Waals surface area contributed by atoms with Gasteiger partial charge in [0.25, 0.3) is 5.91 Å². The van der Waals surface area contributed by atoms with E-state index in [1.54, 1.807) is 29.2 Å². The first-order valence-electron chi connectivity index (χ1n) is 11.7. The Morgan fingerprint density at radius 2 is 1.37 bits per heavy atom. The maximum absolute atomic E-state index is 13.1. The maximum Gasteiger partial charge on any atom is 0.321 e. The standard InChI is InChI=1S/C28H29N3O4/c1-20-12-14-24(15-13-20)29-26(32)25(21-8-4-2-5-9-21)35-27(33)22-16-18-31(19-17-22)28(34)30-23-10-6-3-7-11-23/h2-15,22,25H,16-19H2,1H3,(H,29,32)(H,30,34). The van der Waals surface area contributed by atoms with Crippen molar-refractivity contribution in [3.05, 3.63) is 96.1 Å². The molecule has 3 aromatic rings. The number of aryl methyl sites for hydroxylation is 1. The monoisotopic (exact) mass is 471 g/mol. The van der Waals surface area contributed by atoms with Crippen LogP contribution in [0.3, 0.4) is 0 Å². The van der Waals surface area contributed by atoms with Gasteiger partial charge in [-0.3, -0.25) is 9.59 Å². The van der Waals surface area contributed by atoms with Crippen LogP contribution in [-0.4, -0.2) is 35.9 Å². The zero-order chi connectivity index (χ0) is 24.6. The Morgan fingerprint density at radius 1 is 0.800 bits per heavy atom. The average Bonchev–Trinajstić information content (AvgIpc) is 2.89. The SMILES string of the molecule is Cc1ccc(NC(=O)C(OC(=O)C2CCN(C(=O)Nc3ccccc3)CC2)c2ccccc2)cc1. The number of carbonyl (C=O) groups is 3. The number of esters is 1. The van der Waals surface area contributed by atoms with Gasteiger partial charge in [-0.25, -0.2) is 4.79 Å². The average molecular weight is 472 g/mol. The van der Waals surface area contributed by atoms with Crippen molar-refractivity contribution in [2.75, 3.05) is 23.7 Å². The third-order valence-corrected chi connectivity index (χ3v) is 6.03. The summed E-state index contributed by atoms with van der Waals surface area (Å²) in [7, 11) is 0. The van der Waals surface area contributed by atoms with Crippen LogP contribution in [0.1, 0.15) is 30.1 Å². The number of nitrogens with one attached hydrogen (secondary N) is 2. The molecule has 0 saturated carbocycles. The van der Waals surface area contributed by atoms with Crippen LogP contribution in [-0.2, 0) is 14.3 Å². The molecule has 0 aromatic heterocycles. The molecule has 7 nitrogen and oxygen atoms in total. The molecular weight excluding hydrogens is 442 g/mol. The lowest BCUT2D eigenvalue weighted by Gasteiger charge is -2.31. The van der Waals surface area contributed by atoms with Gasteiger partial charge in [-0.2, -0.15) is 0 Å². The fourth-order valence-electron chi connectivity index (χ4n) is 4.00. The molecule has 0 radical (unpaired) electrons. The number of ether oxygens (including phenoxy) is 1. The van der Waals surface area contributed by atoms with E-state index < -0.39 is 18.0 Å². The molecule has 0 spiro atoms. The van der Waals surface area contributed by atoms with Crippen LogP contribution >= 0.6 is 0 Å². The number of hydrogen-bond donors (Lipinski definition) is 2. The molecule has 0 aliphatic carbocycles. The second-order valence-corrected chi connectivity index (χ2v) is 8.64. The summed E-state index contributed by atoms with van der Waals surface area (Å²) in [6.07, 6.45) is -0.117. The van der Waals surface area contributed by atoms with Gasteiger partial charge in [-0.05, 0) is 44.0 Å². The van der Waals surface area contributed by atoms with Crippen LogP contribution in [0.2, 0.25) is 0 Å². The highest BCUT2D eigenvalue weighted by Gasteiger charge is 2.32. The summed E-state index contributed by atoms with van der Waals surface area (Å²) in [5, 5.41) is 5.71. The fourth-order valence-corrected chi connectivity index (χ4v) is 4.00. The van der Waals surface area contributed by atoms with Crippen LogP contribution < -0.4 is 10.6 Å². The van der Waals surface area contributed by atoms with E-state index in [4.69, 9.17) is 4.74 Å². The summed E-state index contributed by atoms with van der Waals surface area (Å²) >= 11 is 0. The molecule has 2 N–H and O–H groups in total. The molecule has 1 heterocycles. The number of carbonyl (C=O) groups excluding carboxylic acids is 3. The maximum atomic E-state index is 13.1. The molecule has 1 fully saturated rings. The lowest BCUT2D eigenvalue weighted by Crippen LogP contribution is -2.43. The third kappa shape index (κ3) is 6.47. The summed E-state index contributed by atoms with van der Waals surface area (Å²) in [5.74, 6) is -1.22. The van der Waals surface area contributed by atoms with Gasteiger partial charge in [0.05, 0.1) is 5.92 Å². The molecule has 1 aliphatic rings. The predicted molar refractivity (Wildman–Crippen MR) is 135 cm³/mol. The molecule has 3 aromatic carbocycles. The summed E-state index contributed by atoms with van der Waals surface area (Å²) in [4.78, 5) is 40.3. The van der Waals surface area contributed by atoms with Crippen LogP contribution in [0, 0.1) is 12.8 Å². The number of amides is 3. The molecule has 1 aliphatic heterocycles. The summed E-state index contributed by atoms with van der Waals surface area (Å²) in [6, 6.07) is 25.5. The Balaban J connectivity index is 1.37. The summed E-state index contributed by atoms with van der Waals surface area (Å²) in [6.45, 7) is 2.84. The Morgan fingerprint density at radius 3 is 2.00 bits per heavy atom. The highest BCUT2D eigenvalue weighted by Crippen LogP contribution is 2.26. The lowest BCUT2D eigenvalue weighted by molar-refractivity contribution is -0.160. The van der Waals surface area contributed by atoms with Gasteiger partial charge in [0.15, 0.2) is 0 Å². The number of hydrogen-bond acceptors (Lipinski definition) is 4. The van der Waals surface area contributed by atoms with E-state index in [0.29, 0.717) is 37.2 Å². The molecule has 1 unspecified atom stereocenters. The van der Waals surface area contributed by atoms with Gasteiger partial charge < -0.3 is 20.3 Å². The molecule has 35 heavy (non-hydrogen) atoms. The van der Waals surface area contributed by atoms with E-state index >= 15 is 0 Å². The lowest BCUT2D eigenvalue weighted by atomic mass is 9.97. The van der Waals surface area contributed by atoms with E-state index in [1.165, 1.54) is 0 Å². The smallest absolute Gasteiger partial charge is 0.321 e. The molecular formula is C28H29N3O4. The molecule has 7 heteroatoms. The van der Waals surface area contributed by atoms with E-state index in [0.717, 1.165) is 11.3 Å². The minimum absolute atomic E-state index is 0.192. The highest BCUT2D eigenvalue weighted by atomic mass is 16.5. The van der Waals surface area contributed by atoms with Crippen molar-refractivity contribution in [3.8, 4) is 0 Å². The zero-order valence-corrected chi connectivity index (χ0v) is 19.6. The molecule has 4 rings (SSSR count). The van der Waals surface area contributed by atoms with Crippen molar-refractivity contribution in [1.29, 1.82) is 0 Å². The number of urea groups is 1. The van der Waals surface area contributed by atoms with Crippen LogP contribution in [0.5, 0.6) is 0 Å². The largest absolute Gasteiger partial charge is 0.447 e. The summed E-state index contributed by atoms with van der Waals surface area (Å²) < 4.78 is 5.76. The minimum atomic E-state index is -1.07. The van der Waals surface area contributed by atoms with Crippen molar-refractivity contribution in [2.24, 2.45) is 5.92 Å². The van der Waals surface area contributed by atoms with Gasteiger partial charge in [0.1, 0.15) is 0 Å². The number of rotatable bonds is 6. The highest BCUT2D eigenvalue weighted by molar-refractivity contribution is 5.96. The van der Waals surface area contributed by atoms with Gasteiger partial charge >= 0.3 is 12.0 Å². The van der Waals surface area contributed by atoms with Gasteiger partial charge in [-0.1, -0.05) is 66.2 Å². The van der Waals surface area contributed by atoms with Crippen molar-refractivity contribution >= 4 is 29.3 Å². The Hall–Kier alpha value is -4.13. The Bertz CT molecular complexity index is 1140. The van der Waals surface area contributed by atoms with Crippen LogP contribution in [0.15, 0.2) is 84.9 Å². The quantitative estimate of drug-likeness (QED) is 0.486. The van der Waals surface area contributed by atoms with E-state index in [9.17, 15) is 14.4 Å². The minimum Gasteiger partial charge on any atom is -0.447 e. The topological polar surface area (TPSA) is 87.7 Å². The van der Waals surface area contributed by atoms with Gasteiger partial charge in [0, 0.05) is 30.0 Å². The first-order chi connectivity index (χ1) is 17.0. The van der Waals surface area contributed by atoms with Crippen LogP contribution in [0.4, 0.5) is 16.2 Å². The van der Waals surface area contributed by atoms with Crippen LogP contribution in [0.25, 0.3) is 0 Å². The van der Waals surface area contributed by atoms with E-state index in [1.807, 2.05) is 67.6 Å². The molecule has 1 atom stereocenters. The molecule has 1 saturated heterocycles. The number of anilines is 2. The number of para-hydroxylation sites is 1.